The lowest BCUT2D eigenvalue weighted by Gasteiger charge is -2.25. The molecule has 120 valence electrons. The van der Waals surface area contributed by atoms with Gasteiger partial charge in [-0.2, -0.15) is 0 Å². The van der Waals surface area contributed by atoms with E-state index >= 15 is 0 Å². The second-order valence-electron chi connectivity index (χ2n) is 5.55. The normalized spacial score (nSPS) is 17.3. The fraction of sp³-hybridized carbons (Fsp3) is 0.278. The molecule has 1 heterocycles. The molecule has 0 radical (unpaired) electrons. The number of carbonyl (C=O) groups is 1. The van der Waals surface area contributed by atoms with Crippen molar-refractivity contribution in [2.75, 3.05) is 13.7 Å². The van der Waals surface area contributed by atoms with Crippen LogP contribution in [0, 0.1) is 5.82 Å². The van der Waals surface area contributed by atoms with Crippen LogP contribution in [-0.4, -0.2) is 24.5 Å². The second kappa shape index (κ2) is 6.59. The highest BCUT2D eigenvalue weighted by atomic mass is 35.5. The van der Waals surface area contributed by atoms with Gasteiger partial charge in [-0.15, -0.1) is 0 Å². The molecule has 5 heteroatoms. The summed E-state index contributed by atoms with van der Waals surface area (Å²) in [5.74, 6) is -0.0893. The number of amides is 1. The first kappa shape index (κ1) is 15.8. The van der Waals surface area contributed by atoms with Gasteiger partial charge in [0.05, 0.1) is 18.7 Å². The van der Waals surface area contributed by atoms with Crippen molar-refractivity contribution >= 4 is 17.5 Å². The van der Waals surface area contributed by atoms with E-state index in [9.17, 15) is 9.18 Å². The molecular formula is C18H17ClFNO2. The fourth-order valence-electron chi connectivity index (χ4n) is 3.00. The van der Waals surface area contributed by atoms with Crippen LogP contribution in [0.5, 0.6) is 5.75 Å². The SMILES string of the molecule is COc1ccc([C@@H]2CCCN2C(=O)c2cc(Cl)ccc2F)cc1. The van der Waals surface area contributed by atoms with Crippen molar-refractivity contribution in [3.8, 4) is 5.75 Å². The highest BCUT2D eigenvalue weighted by Gasteiger charge is 2.31. The minimum atomic E-state index is -0.542. The van der Waals surface area contributed by atoms with Crippen LogP contribution in [0.15, 0.2) is 42.5 Å². The van der Waals surface area contributed by atoms with Crippen molar-refractivity contribution in [1.29, 1.82) is 0 Å². The Bertz CT molecular complexity index is 717. The van der Waals surface area contributed by atoms with Gasteiger partial charge in [-0.3, -0.25) is 4.79 Å². The van der Waals surface area contributed by atoms with Gasteiger partial charge in [0.2, 0.25) is 0 Å². The van der Waals surface area contributed by atoms with Gasteiger partial charge < -0.3 is 9.64 Å². The van der Waals surface area contributed by atoms with Gasteiger partial charge in [-0.25, -0.2) is 4.39 Å². The minimum Gasteiger partial charge on any atom is -0.497 e. The Morgan fingerprint density at radius 2 is 2.00 bits per heavy atom. The summed E-state index contributed by atoms with van der Waals surface area (Å²) in [7, 11) is 1.61. The maximum atomic E-state index is 14.0. The van der Waals surface area contributed by atoms with Crippen LogP contribution < -0.4 is 4.74 Å². The third-order valence-electron chi connectivity index (χ3n) is 4.17. The molecule has 2 aromatic carbocycles. The van der Waals surface area contributed by atoms with E-state index in [0.29, 0.717) is 11.6 Å². The molecule has 1 atom stereocenters. The van der Waals surface area contributed by atoms with E-state index in [-0.39, 0.29) is 17.5 Å². The number of likely N-dealkylation sites (tertiary alicyclic amines) is 1. The Morgan fingerprint density at radius 3 is 2.70 bits per heavy atom. The molecule has 23 heavy (non-hydrogen) atoms. The van der Waals surface area contributed by atoms with Gasteiger partial charge >= 0.3 is 0 Å². The van der Waals surface area contributed by atoms with E-state index in [1.807, 2.05) is 24.3 Å². The first-order valence-corrected chi connectivity index (χ1v) is 7.88. The maximum Gasteiger partial charge on any atom is 0.257 e. The Morgan fingerprint density at radius 1 is 1.26 bits per heavy atom. The number of carbonyl (C=O) groups excluding carboxylic acids is 1. The summed E-state index contributed by atoms with van der Waals surface area (Å²) < 4.78 is 19.1. The molecular weight excluding hydrogens is 317 g/mol. The van der Waals surface area contributed by atoms with Crippen LogP contribution in [0.1, 0.15) is 34.8 Å². The van der Waals surface area contributed by atoms with Crippen LogP contribution in [0.2, 0.25) is 5.02 Å². The molecule has 0 bridgehead atoms. The Labute approximate surface area is 139 Å². The van der Waals surface area contributed by atoms with Crippen LogP contribution in [-0.2, 0) is 0 Å². The zero-order chi connectivity index (χ0) is 16.4. The van der Waals surface area contributed by atoms with E-state index in [2.05, 4.69) is 0 Å². The molecule has 0 saturated carbocycles. The molecule has 0 unspecified atom stereocenters. The molecule has 1 fully saturated rings. The van der Waals surface area contributed by atoms with Crippen LogP contribution in [0.3, 0.4) is 0 Å². The Kier molecular flexibility index (Phi) is 4.53. The van der Waals surface area contributed by atoms with Crippen LogP contribution in [0.4, 0.5) is 4.39 Å². The average molecular weight is 334 g/mol. The molecule has 3 nitrogen and oxygen atoms in total. The molecule has 3 rings (SSSR count). The van der Waals surface area contributed by atoms with Crippen LogP contribution in [0.25, 0.3) is 0 Å². The lowest BCUT2D eigenvalue weighted by atomic mass is 10.0. The lowest BCUT2D eigenvalue weighted by molar-refractivity contribution is 0.0731. The summed E-state index contributed by atoms with van der Waals surface area (Å²) in [5, 5.41) is 0.356. The van der Waals surface area contributed by atoms with E-state index in [1.165, 1.54) is 18.2 Å². The number of nitrogens with zero attached hydrogens (tertiary/aromatic N) is 1. The summed E-state index contributed by atoms with van der Waals surface area (Å²) in [6, 6.07) is 11.7. The zero-order valence-corrected chi connectivity index (χ0v) is 13.5. The van der Waals surface area contributed by atoms with Gasteiger partial charge in [-0.1, -0.05) is 23.7 Å². The highest BCUT2D eigenvalue weighted by Crippen LogP contribution is 2.34. The van der Waals surface area contributed by atoms with Crippen molar-refractivity contribution in [3.05, 3.63) is 64.4 Å². The van der Waals surface area contributed by atoms with E-state index in [4.69, 9.17) is 16.3 Å². The molecule has 1 amide bonds. The van der Waals surface area contributed by atoms with E-state index in [1.54, 1.807) is 12.0 Å². The summed E-state index contributed by atoms with van der Waals surface area (Å²) in [5.41, 5.74) is 1.05. The second-order valence-corrected chi connectivity index (χ2v) is 5.99. The standard InChI is InChI=1S/C18H17ClFNO2/c1-23-14-7-4-12(5-8-14)17-3-2-10-21(17)18(22)15-11-13(19)6-9-16(15)20/h4-9,11,17H,2-3,10H2,1H3/t17-/m0/s1. The number of ether oxygens (including phenoxy) is 1. The van der Waals surface area contributed by atoms with Gasteiger partial charge in [0.1, 0.15) is 11.6 Å². The van der Waals surface area contributed by atoms with Gasteiger partial charge in [-0.05, 0) is 48.7 Å². The average Bonchev–Trinajstić information content (AvgIpc) is 3.06. The van der Waals surface area contributed by atoms with Crippen molar-refractivity contribution in [3.63, 3.8) is 0 Å². The number of benzene rings is 2. The third-order valence-corrected chi connectivity index (χ3v) is 4.41. The van der Waals surface area contributed by atoms with E-state index in [0.717, 1.165) is 24.2 Å². The maximum absolute atomic E-state index is 14.0. The minimum absolute atomic E-state index is 0.0258. The monoisotopic (exact) mass is 333 g/mol. The zero-order valence-electron chi connectivity index (χ0n) is 12.8. The number of hydrogen-bond donors (Lipinski definition) is 0. The smallest absolute Gasteiger partial charge is 0.257 e. The first-order valence-electron chi connectivity index (χ1n) is 7.50. The molecule has 0 N–H and O–H groups in total. The molecule has 0 aromatic heterocycles. The highest BCUT2D eigenvalue weighted by molar-refractivity contribution is 6.31. The molecule has 1 saturated heterocycles. The summed E-state index contributed by atoms with van der Waals surface area (Å²) in [6.07, 6.45) is 1.75. The molecule has 1 aliphatic heterocycles. The number of rotatable bonds is 3. The summed E-state index contributed by atoms with van der Waals surface area (Å²) in [4.78, 5) is 14.4. The number of hydrogen-bond acceptors (Lipinski definition) is 2. The van der Waals surface area contributed by atoms with Gasteiger partial charge in [0.15, 0.2) is 0 Å². The van der Waals surface area contributed by atoms with Crippen molar-refractivity contribution in [1.82, 2.24) is 4.90 Å². The fourth-order valence-corrected chi connectivity index (χ4v) is 3.17. The predicted octanol–water partition coefficient (Wildman–Crippen LogP) is 4.47. The third kappa shape index (κ3) is 3.17. The predicted molar refractivity (Wildman–Crippen MR) is 87.4 cm³/mol. The quantitative estimate of drug-likeness (QED) is 0.829. The van der Waals surface area contributed by atoms with E-state index < -0.39 is 5.82 Å². The Balaban J connectivity index is 1.88. The topological polar surface area (TPSA) is 29.5 Å². The summed E-state index contributed by atoms with van der Waals surface area (Å²) >= 11 is 5.90. The molecule has 2 aromatic rings. The van der Waals surface area contributed by atoms with Crippen LogP contribution >= 0.6 is 11.6 Å². The van der Waals surface area contributed by atoms with Gasteiger partial charge in [0.25, 0.3) is 5.91 Å². The van der Waals surface area contributed by atoms with Gasteiger partial charge in [0, 0.05) is 11.6 Å². The number of methoxy groups -OCH3 is 1. The molecule has 1 aliphatic rings. The largest absolute Gasteiger partial charge is 0.497 e. The van der Waals surface area contributed by atoms with Crippen molar-refractivity contribution in [2.24, 2.45) is 0 Å². The number of halogens is 2. The molecule has 0 spiro atoms. The lowest BCUT2D eigenvalue weighted by Crippen LogP contribution is -2.31. The van der Waals surface area contributed by atoms with Crippen molar-refractivity contribution < 1.29 is 13.9 Å². The van der Waals surface area contributed by atoms with Crippen molar-refractivity contribution in [2.45, 2.75) is 18.9 Å². The summed E-state index contributed by atoms with van der Waals surface area (Å²) in [6.45, 7) is 0.613. The Hall–Kier alpha value is -2.07. The first-order chi connectivity index (χ1) is 11.1. The molecule has 0 aliphatic carbocycles.